The van der Waals surface area contributed by atoms with Crippen molar-refractivity contribution in [2.75, 3.05) is 6.61 Å². The second-order valence-electron chi connectivity index (χ2n) is 6.52. The number of carbonyl (C=O) groups is 1. The van der Waals surface area contributed by atoms with Crippen molar-refractivity contribution in [3.05, 3.63) is 66.5 Å². The molecule has 3 aromatic rings. The van der Waals surface area contributed by atoms with Gasteiger partial charge in [0.25, 0.3) is 0 Å². The molecule has 0 spiro atoms. The summed E-state index contributed by atoms with van der Waals surface area (Å²) in [4.78, 5) is 11.6. The van der Waals surface area contributed by atoms with Gasteiger partial charge in [0.15, 0.2) is 0 Å². The van der Waals surface area contributed by atoms with Gasteiger partial charge < -0.3 is 9.84 Å². The van der Waals surface area contributed by atoms with Crippen molar-refractivity contribution in [1.29, 1.82) is 0 Å². The zero-order chi connectivity index (χ0) is 18.6. The zero-order valence-electron chi connectivity index (χ0n) is 14.8. The Bertz CT molecular complexity index is 875. The highest BCUT2D eigenvalue weighted by molar-refractivity contribution is 5.81. The maximum Gasteiger partial charge on any atom is 0.313 e. The molecule has 1 aromatic heterocycles. The lowest BCUT2D eigenvalue weighted by atomic mass is 9.84. The van der Waals surface area contributed by atoms with Gasteiger partial charge >= 0.3 is 5.97 Å². The van der Waals surface area contributed by atoms with E-state index in [0.717, 1.165) is 11.1 Å². The molecule has 0 saturated heterocycles. The molecule has 0 aliphatic heterocycles. The number of benzene rings is 2. The third-order valence-electron chi connectivity index (χ3n) is 4.37. The quantitative estimate of drug-likeness (QED) is 0.706. The van der Waals surface area contributed by atoms with Crippen molar-refractivity contribution in [1.82, 2.24) is 15.0 Å². The number of carboxylic acid groups (broad SMARTS) is 1. The second kappa shape index (κ2) is 7.39. The third-order valence-corrected chi connectivity index (χ3v) is 4.37. The van der Waals surface area contributed by atoms with Crippen LogP contribution in [0.3, 0.4) is 0 Å². The standard InChI is InChI=1S/C20H21N3O3/c1-20(2,19(24)25)16-8-9-17(15-6-4-3-5-7-15)18(14-16)26-13-12-23-11-10-21-22-23/h3-11,14H,12-13H2,1-2H3,(H,24,25). The minimum Gasteiger partial charge on any atom is -0.491 e. The molecule has 0 fully saturated rings. The van der Waals surface area contributed by atoms with E-state index in [1.54, 1.807) is 30.9 Å². The van der Waals surface area contributed by atoms with Crippen LogP contribution in [0.4, 0.5) is 0 Å². The van der Waals surface area contributed by atoms with E-state index in [1.165, 1.54) is 0 Å². The molecular formula is C20H21N3O3. The van der Waals surface area contributed by atoms with Gasteiger partial charge in [0.05, 0.1) is 18.2 Å². The molecule has 26 heavy (non-hydrogen) atoms. The van der Waals surface area contributed by atoms with Crippen molar-refractivity contribution in [2.45, 2.75) is 25.8 Å². The SMILES string of the molecule is CC(C)(C(=O)O)c1ccc(-c2ccccc2)c(OCCn2ccnn2)c1. The summed E-state index contributed by atoms with van der Waals surface area (Å²) in [6, 6.07) is 15.5. The summed E-state index contributed by atoms with van der Waals surface area (Å²) < 4.78 is 7.69. The fourth-order valence-corrected chi connectivity index (χ4v) is 2.61. The molecule has 0 saturated carbocycles. The maximum absolute atomic E-state index is 11.6. The number of hydrogen-bond acceptors (Lipinski definition) is 4. The van der Waals surface area contributed by atoms with Crippen LogP contribution < -0.4 is 4.74 Å². The molecule has 0 atom stereocenters. The van der Waals surface area contributed by atoms with E-state index < -0.39 is 11.4 Å². The highest BCUT2D eigenvalue weighted by atomic mass is 16.5. The topological polar surface area (TPSA) is 77.2 Å². The number of ether oxygens (including phenoxy) is 1. The first kappa shape index (κ1) is 17.7. The number of hydrogen-bond donors (Lipinski definition) is 1. The summed E-state index contributed by atoms with van der Waals surface area (Å²) in [5, 5.41) is 17.2. The maximum atomic E-state index is 11.6. The van der Waals surface area contributed by atoms with E-state index >= 15 is 0 Å². The van der Waals surface area contributed by atoms with Gasteiger partial charge in [-0.05, 0) is 31.0 Å². The third kappa shape index (κ3) is 3.74. The predicted molar refractivity (Wildman–Crippen MR) is 98.1 cm³/mol. The van der Waals surface area contributed by atoms with Gasteiger partial charge in [-0.15, -0.1) is 5.10 Å². The smallest absolute Gasteiger partial charge is 0.313 e. The average molecular weight is 351 g/mol. The lowest BCUT2D eigenvalue weighted by Gasteiger charge is -2.22. The van der Waals surface area contributed by atoms with Crippen LogP contribution in [-0.2, 0) is 16.8 Å². The first-order valence-electron chi connectivity index (χ1n) is 8.39. The lowest BCUT2D eigenvalue weighted by molar-refractivity contribution is -0.142. The number of carboxylic acids is 1. The van der Waals surface area contributed by atoms with Crippen molar-refractivity contribution in [3.8, 4) is 16.9 Å². The minimum atomic E-state index is -1.00. The van der Waals surface area contributed by atoms with E-state index in [0.29, 0.717) is 24.5 Å². The van der Waals surface area contributed by atoms with Crippen LogP contribution in [0.1, 0.15) is 19.4 Å². The Morgan fingerprint density at radius 3 is 2.62 bits per heavy atom. The van der Waals surface area contributed by atoms with E-state index in [4.69, 9.17) is 4.74 Å². The van der Waals surface area contributed by atoms with Crippen molar-refractivity contribution in [2.24, 2.45) is 0 Å². The molecule has 0 radical (unpaired) electrons. The summed E-state index contributed by atoms with van der Waals surface area (Å²) in [6.45, 7) is 4.33. The molecule has 1 N–H and O–H groups in total. The predicted octanol–water partition coefficient (Wildman–Crippen LogP) is 3.39. The van der Waals surface area contributed by atoms with E-state index in [-0.39, 0.29) is 0 Å². The molecule has 3 rings (SSSR count). The fourth-order valence-electron chi connectivity index (χ4n) is 2.61. The van der Waals surface area contributed by atoms with E-state index in [1.807, 2.05) is 48.5 Å². The van der Waals surface area contributed by atoms with Gasteiger partial charge in [0, 0.05) is 11.8 Å². The monoisotopic (exact) mass is 351 g/mol. The zero-order valence-corrected chi connectivity index (χ0v) is 14.8. The first-order valence-corrected chi connectivity index (χ1v) is 8.39. The molecule has 0 bridgehead atoms. The van der Waals surface area contributed by atoms with Gasteiger partial charge in [-0.25, -0.2) is 4.68 Å². The van der Waals surface area contributed by atoms with Crippen LogP contribution in [0.25, 0.3) is 11.1 Å². The van der Waals surface area contributed by atoms with Gasteiger partial charge in [-0.3, -0.25) is 4.79 Å². The van der Waals surface area contributed by atoms with Gasteiger partial charge in [0.1, 0.15) is 12.4 Å². The van der Waals surface area contributed by atoms with Crippen LogP contribution in [-0.4, -0.2) is 32.7 Å². The summed E-state index contributed by atoms with van der Waals surface area (Å²) in [6.07, 6.45) is 3.39. The van der Waals surface area contributed by atoms with Crippen LogP contribution in [0.15, 0.2) is 60.9 Å². The van der Waals surface area contributed by atoms with Crippen molar-refractivity contribution < 1.29 is 14.6 Å². The molecule has 0 unspecified atom stereocenters. The number of aliphatic carboxylic acids is 1. The molecule has 2 aromatic carbocycles. The average Bonchev–Trinajstić information content (AvgIpc) is 3.15. The molecule has 6 heteroatoms. The Hall–Kier alpha value is -3.15. The fraction of sp³-hybridized carbons (Fsp3) is 0.250. The van der Waals surface area contributed by atoms with Crippen LogP contribution in [0.5, 0.6) is 5.75 Å². The molecule has 0 aliphatic carbocycles. The molecule has 0 amide bonds. The number of rotatable bonds is 7. The minimum absolute atomic E-state index is 0.403. The van der Waals surface area contributed by atoms with Gasteiger partial charge in [-0.2, -0.15) is 0 Å². The van der Waals surface area contributed by atoms with Gasteiger partial charge in [0.2, 0.25) is 0 Å². The molecule has 134 valence electrons. The second-order valence-corrected chi connectivity index (χ2v) is 6.52. The Morgan fingerprint density at radius 1 is 1.19 bits per heavy atom. The van der Waals surface area contributed by atoms with Crippen LogP contribution in [0, 0.1) is 0 Å². The Balaban J connectivity index is 1.92. The Morgan fingerprint density at radius 2 is 1.96 bits per heavy atom. The van der Waals surface area contributed by atoms with E-state index in [2.05, 4.69) is 10.3 Å². The van der Waals surface area contributed by atoms with Gasteiger partial charge in [-0.1, -0.05) is 47.7 Å². The summed E-state index contributed by atoms with van der Waals surface area (Å²) in [7, 11) is 0. The molecule has 6 nitrogen and oxygen atoms in total. The summed E-state index contributed by atoms with van der Waals surface area (Å²) >= 11 is 0. The normalized spacial score (nSPS) is 11.3. The van der Waals surface area contributed by atoms with Crippen LogP contribution in [0.2, 0.25) is 0 Å². The van der Waals surface area contributed by atoms with Crippen molar-refractivity contribution in [3.63, 3.8) is 0 Å². The number of nitrogens with zero attached hydrogens (tertiary/aromatic N) is 3. The summed E-state index contributed by atoms with van der Waals surface area (Å²) in [5.74, 6) is -0.221. The Kier molecular flexibility index (Phi) is 5.02. The highest BCUT2D eigenvalue weighted by Gasteiger charge is 2.30. The van der Waals surface area contributed by atoms with Crippen molar-refractivity contribution >= 4 is 5.97 Å². The molecule has 1 heterocycles. The van der Waals surface area contributed by atoms with Crippen LogP contribution >= 0.6 is 0 Å². The largest absolute Gasteiger partial charge is 0.491 e. The molecule has 0 aliphatic rings. The first-order chi connectivity index (χ1) is 12.5. The summed E-state index contributed by atoms with van der Waals surface area (Å²) in [5.41, 5.74) is 1.64. The molecular weight excluding hydrogens is 330 g/mol. The Labute approximate surface area is 152 Å². The number of aromatic nitrogens is 3. The van der Waals surface area contributed by atoms with E-state index in [9.17, 15) is 9.90 Å². The highest BCUT2D eigenvalue weighted by Crippen LogP contribution is 2.35. The lowest BCUT2D eigenvalue weighted by Crippen LogP contribution is -2.28.